The second-order valence-electron chi connectivity index (χ2n) is 6.59. The van der Waals surface area contributed by atoms with Crippen LogP contribution in [0, 0.1) is 0 Å². The van der Waals surface area contributed by atoms with Crippen molar-refractivity contribution in [1.82, 2.24) is 41.2 Å². The van der Waals surface area contributed by atoms with Crippen molar-refractivity contribution in [1.29, 1.82) is 0 Å². The number of nitrogens with zero attached hydrogens (tertiary/aromatic N) is 5. The summed E-state index contributed by atoms with van der Waals surface area (Å²) in [7, 11) is 0. The summed E-state index contributed by atoms with van der Waals surface area (Å²) in [6.45, 7) is 0.665. The zero-order chi connectivity index (χ0) is 21.5. The summed E-state index contributed by atoms with van der Waals surface area (Å²) >= 11 is 0. The molecule has 0 aliphatic rings. The van der Waals surface area contributed by atoms with E-state index in [2.05, 4.69) is 41.2 Å². The number of H-pyrrole nitrogens is 1. The molecule has 0 fully saturated rings. The van der Waals surface area contributed by atoms with Gasteiger partial charge >= 0.3 is 0 Å². The van der Waals surface area contributed by atoms with Crippen LogP contribution in [0.4, 0.5) is 0 Å². The van der Waals surface area contributed by atoms with Crippen LogP contribution in [0.15, 0.2) is 67.0 Å². The molecule has 2 aromatic carbocycles. The molecule has 2 aromatic heterocycles. The normalized spacial score (nSPS) is 10.5. The lowest BCUT2D eigenvalue weighted by molar-refractivity contribution is 0.0944. The predicted octanol–water partition coefficient (Wildman–Crippen LogP) is 1.52. The maximum atomic E-state index is 12.5. The van der Waals surface area contributed by atoms with E-state index in [9.17, 15) is 9.59 Å². The van der Waals surface area contributed by atoms with Crippen LogP contribution in [0.3, 0.4) is 0 Å². The van der Waals surface area contributed by atoms with Gasteiger partial charge in [0.05, 0.1) is 0 Å². The van der Waals surface area contributed by atoms with Crippen LogP contribution in [-0.2, 0) is 13.1 Å². The topological polar surface area (TPSA) is 138 Å². The summed E-state index contributed by atoms with van der Waals surface area (Å²) in [6, 6.07) is 18.3. The van der Waals surface area contributed by atoms with Crippen molar-refractivity contribution in [2.75, 3.05) is 0 Å². The number of hydrogen-bond acceptors (Lipinski definition) is 7. The zero-order valence-corrected chi connectivity index (χ0v) is 16.3. The molecule has 4 rings (SSSR count). The van der Waals surface area contributed by atoms with Gasteiger partial charge in [0, 0.05) is 24.7 Å². The van der Waals surface area contributed by atoms with Gasteiger partial charge in [-0.2, -0.15) is 0 Å². The third-order valence-corrected chi connectivity index (χ3v) is 4.45. The van der Waals surface area contributed by atoms with Gasteiger partial charge in [0.15, 0.2) is 5.82 Å². The van der Waals surface area contributed by atoms with Crippen molar-refractivity contribution in [3.63, 3.8) is 0 Å². The molecule has 10 nitrogen and oxygen atoms in total. The van der Waals surface area contributed by atoms with E-state index in [1.165, 1.54) is 12.4 Å². The minimum atomic E-state index is -0.400. The van der Waals surface area contributed by atoms with Gasteiger partial charge in [0.2, 0.25) is 0 Å². The molecule has 0 aliphatic carbocycles. The third kappa shape index (κ3) is 5.12. The molecule has 2 amide bonds. The van der Waals surface area contributed by atoms with Crippen LogP contribution in [0.25, 0.3) is 11.4 Å². The average molecular weight is 414 g/mol. The summed E-state index contributed by atoms with van der Waals surface area (Å²) in [5.74, 6) is -0.213. The van der Waals surface area contributed by atoms with Crippen LogP contribution in [0.1, 0.15) is 32.1 Å². The van der Waals surface area contributed by atoms with E-state index in [0.29, 0.717) is 18.9 Å². The summed E-state index contributed by atoms with van der Waals surface area (Å²) in [5, 5.41) is 19.2. The lowest BCUT2D eigenvalue weighted by atomic mass is 10.1. The van der Waals surface area contributed by atoms with Gasteiger partial charge in [-0.3, -0.25) is 9.59 Å². The van der Waals surface area contributed by atoms with Crippen molar-refractivity contribution >= 4 is 11.8 Å². The maximum absolute atomic E-state index is 12.5. The highest BCUT2D eigenvalue weighted by Gasteiger charge is 2.13. The van der Waals surface area contributed by atoms with Crippen molar-refractivity contribution in [3.05, 3.63) is 89.5 Å². The highest BCUT2D eigenvalue weighted by molar-refractivity contribution is 5.97. The van der Waals surface area contributed by atoms with Crippen molar-refractivity contribution in [2.45, 2.75) is 13.1 Å². The Morgan fingerprint density at radius 2 is 1.42 bits per heavy atom. The molecular weight excluding hydrogens is 396 g/mol. The minimum Gasteiger partial charge on any atom is -0.347 e. The molecular formula is C21H18N8O2. The van der Waals surface area contributed by atoms with Crippen LogP contribution >= 0.6 is 0 Å². The largest absolute Gasteiger partial charge is 0.347 e. The third-order valence-electron chi connectivity index (χ3n) is 4.45. The number of tetrazole rings is 1. The molecule has 3 N–H and O–H groups in total. The average Bonchev–Trinajstić information content (AvgIpc) is 3.37. The van der Waals surface area contributed by atoms with Gasteiger partial charge in [-0.15, -0.1) is 5.10 Å². The quantitative estimate of drug-likeness (QED) is 0.417. The Bertz CT molecular complexity index is 1160. The van der Waals surface area contributed by atoms with Gasteiger partial charge in [0.25, 0.3) is 11.8 Å². The van der Waals surface area contributed by atoms with Crippen LogP contribution in [0.5, 0.6) is 0 Å². The van der Waals surface area contributed by atoms with E-state index in [0.717, 1.165) is 16.7 Å². The molecule has 0 saturated heterocycles. The Morgan fingerprint density at radius 1 is 0.806 bits per heavy atom. The van der Waals surface area contributed by atoms with Gasteiger partial charge in [-0.05, 0) is 21.6 Å². The first kappa shape index (κ1) is 19.8. The molecule has 154 valence electrons. The Labute approximate surface area is 177 Å². The smallest absolute Gasteiger partial charge is 0.270 e. The summed E-state index contributed by atoms with van der Waals surface area (Å²) < 4.78 is 0. The Kier molecular flexibility index (Phi) is 5.98. The highest BCUT2D eigenvalue weighted by Crippen LogP contribution is 2.14. The molecule has 0 atom stereocenters. The lowest BCUT2D eigenvalue weighted by Crippen LogP contribution is -2.27. The number of nitrogens with one attached hydrogen (secondary N) is 3. The van der Waals surface area contributed by atoms with E-state index in [-0.39, 0.29) is 17.3 Å². The first-order valence-corrected chi connectivity index (χ1v) is 9.44. The lowest BCUT2D eigenvalue weighted by Gasteiger charge is -2.07. The van der Waals surface area contributed by atoms with E-state index >= 15 is 0 Å². The molecule has 0 aliphatic heterocycles. The Morgan fingerprint density at radius 3 is 2.00 bits per heavy atom. The van der Waals surface area contributed by atoms with Crippen LogP contribution in [-0.4, -0.2) is 42.4 Å². The van der Waals surface area contributed by atoms with Crippen molar-refractivity contribution < 1.29 is 9.59 Å². The van der Waals surface area contributed by atoms with Crippen molar-refractivity contribution in [3.8, 4) is 11.4 Å². The molecule has 0 radical (unpaired) electrons. The zero-order valence-electron chi connectivity index (χ0n) is 16.3. The number of amides is 2. The molecule has 10 heteroatoms. The number of benzene rings is 2. The van der Waals surface area contributed by atoms with E-state index < -0.39 is 5.91 Å². The van der Waals surface area contributed by atoms with Gasteiger partial charge in [-0.25, -0.2) is 15.1 Å². The number of carbonyl (C=O) groups is 2. The Balaban J connectivity index is 1.34. The maximum Gasteiger partial charge on any atom is 0.270 e. The second-order valence-corrected chi connectivity index (χ2v) is 6.59. The van der Waals surface area contributed by atoms with E-state index in [4.69, 9.17) is 0 Å². The standard InChI is InChI=1S/C21H18N8O2/c30-20(22-11-14-4-2-1-3-5-14)17-10-18(25-13-24-17)21(31)23-12-15-6-8-16(9-7-15)19-26-28-29-27-19/h1-10,13H,11-12H2,(H,22,30)(H,23,31)(H,26,27,28,29). The second kappa shape index (κ2) is 9.35. The number of hydrogen-bond donors (Lipinski definition) is 3. The summed E-state index contributed by atoms with van der Waals surface area (Å²) in [6.07, 6.45) is 1.20. The number of rotatable bonds is 7. The molecule has 4 aromatic rings. The number of carbonyl (C=O) groups excluding carboxylic acids is 2. The molecule has 0 unspecified atom stereocenters. The number of aromatic nitrogens is 6. The van der Waals surface area contributed by atoms with Gasteiger partial charge in [0.1, 0.15) is 17.7 Å². The predicted molar refractivity (Wildman–Crippen MR) is 110 cm³/mol. The van der Waals surface area contributed by atoms with Crippen LogP contribution < -0.4 is 10.6 Å². The fourth-order valence-corrected chi connectivity index (χ4v) is 2.81. The Hall–Kier alpha value is -4.47. The van der Waals surface area contributed by atoms with Gasteiger partial charge < -0.3 is 10.6 Å². The highest BCUT2D eigenvalue weighted by atomic mass is 16.2. The molecule has 0 spiro atoms. The van der Waals surface area contributed by atoms with Crippen molar-refractivity contribution in [2.24, 2.45) is 0 Å². The monoisotopic (exact) mass is 414 g/mol. The molecule has 0 saturated carbocycles. The van der Waals surface area contributed by atoms with E-state index in [1.54, 1.807) is 0 Å². The first-order valence-electron chi connectivity index (χ1n) is 9.44. The summed E-state index contributed by atoms with van der Waals surface area (Å²) in [4.78, 5) is 32.7. The first-order chi connectivity index (χ1) is 15.2. The fraction of sp³-hybridized carbons (Fsp3) is 0.0952. The van der Waals surface area contributed by atoms with Crippen LogP contribution in [0.2, 0.25) is 0 Å². The van der Waals surface area contributed by atoms with E-state index in [1.807, 2.05) is 54.6 Å². The van der Waals surface area contributed by atoms with Gasteiger partial charge in [-0.1, -0.05) is 54.6 Å². The fourth-order valence-electron chi connectivity index (χ4n) is 2.81. The summed E-state index contributed by atoms with van der Waals surface area (Å²) in [5.41, 5.74) is 2.93. The molecule has 31 heavy (non-hydrogen) atoms. The molecule has 2 heterocycles. The SMILES string of the molecule is O=C(NCc1ccccc1)c1cc(C(=O)NCc2ccc(-c3nnn[nH]3)cc2)ncn1. The minimum absolute atomic E-state index is 0.115. The number of aromatic amines is 1. The molecule has 0 bridgehead atoms.